The fraction of sp³-hybridized carbons (Fsp3) is 0.765. The normalized spacial score (nSPS) is 27.4. The van der Waals surface area contributed by atoms with E-state index < -0.39 is 5.60 Å². The van der Waals surface area contributed by atoms with Gasteiger partial charge in [-0.25, -0.2) is 0 Å². The van der Waals surface area contributed by atoms with Gasteiger partial charge in [-0.05, 0) is 46.1 Å². The van der Waals surface area contributed by atoms with Crippen LogP contribution in [0.1, 0.15) is 44.0 Å². The Morgan fingerprint density at radius 2 is 2.04 bits per heavy atom. The fourth-order valence-electron chi connectivity index (χ4n) is 3.87. The molecule has 1 aromatic heterocycles. The van der Waals surface area contributed by atoms with Crippen molar-refractivity contribution in [1.29, 1.82) is 0 Å². The number of amides is 1. The van der Waals surface area contributed by atoms with Crippen LogP contribution in [0, 0.1) is 13.8 Å². The Labute approximate surface area is 137 Å². The molecule has 2 saturated heterocycles. The number of aromatic nitrogens is 2. The lowest BCUT2D eigenvalue weighted by Gasteiger charge is -2.48. The van der Waals surface area contributed by atoms with E-state index in [-0.39, 0.29) is 11.5 Å². The lowest BCUT2D eigenvalue weighted by Crippen LogP contribution is -2.54. The maximum Gasteiger partial charge on any atom is 0.244 e. The highest BCUT2D eigenvalue weighted by atomic mass is 16.5. The van der Waals surface area contributed by atoms with Crippen LogP contribution < -0.4 is 0 Å². The van der Waals surface area contributed by atoms with Gasteiger partial charge in [0.1, 0.15) is 6.54 Å². The van der Waals surface area contributed by atoms with Crippen LogP contribution in [0.2, 0.25) is 0 Å². The minimum absolute atomic E-state index is 0.105. The number of carbonyl (C=O) groups excluding carboxylic acids is 1. The molecule has 1 spiro atoms. The zero-order valence-corrected chi connectivity index (χ0v) is 14.3. The second-order valence-electron chi connectivity index (χ2n) is 7.42. The number of ether oxygens (including phenoxy) is 1. The standard InChI is InChI=1S/C17H27N3O3/c1-13-10-14(2)20(18-13)11-15(21)19-7-4-17(5-8-19)12-16(3,22)6-9-23-17/h10,22H,4-9,11-12H2,1-3H3. The molecule has 3 rings (SSSR count). The predicted molar refractivity (Wildman–Crippen MR) is 86.1 cm³/mol. The van der Waals surface area contributed by atoms with E-state index in [1.54, 1.807) is 4.68 Å². The number of carbonyl (C=O) groups is 1. The minimum Gasteiger partial charge on any atom is -0.390 e. The molecule has 2 aliphatic rings. The number of rotatable bonds is 2. The van der Waals surface area contributed by atoms with Crippen molar-refractivity contribution in [1.82, 2.24) is 14.7 Å². The number of hydrogen-bond acceptors (Lipinski definition) is 4. The average Bonchev–Trinajstić information content (AvgIpc) is 2.76. The molecule has 2 aliphatic heterocycles. The zero-order valence-electron chi connectivity index (χ0n) is 14.3. The summed E-state index contributed by atoms with van der Waals surface area (Å²) in [4.78, 5) is 14.4. The van der Waals surface area contributed by atoms with Crippen molar-refractivity contribution in [2.24, 2.45) is 0 Å². The van der Waals surface area contributed by atoms with E-state index in [1.165, 1.54) is 0 Å². The average molecular weight is 321 g/mol. The van der Waals surface area contributed by atoms with Crippen molar-refractivity contribution in [3.05, 3.63) is 17.5 Å². The van der Waals surface area contributed by atoms with Gasteiger partial charge in [0, 0.05) is 25.2 Å². The molecule has 0 aromatic carbocycles. The molecule has 0 aliphatic carbocycles. The van der Waals surface area contributed by atoms with Crippen LogP contribution in [0.25, 0.3) is 0 Å². The summed E-state index contributed by atoms with van der Waals surface area (Å²) in [6.45, 7) is 8.07. The first-order valence-corrected chi connectivity index (χ1v) is 8.44. The number of aliphatic hydroxyl groups is 1. The molecule has 1 amide bonds. The van der Waals surface area contributed by atoms with Gasteiger partial charge in [0.2, 0.25) is 5.91 Å². The van der Waals surface area contributed by atoms with Gasteiger partial charge in [-0.2, -0.15) is 5.10 Å². The predicted octanol–water partition coefficient (Wildman–Crippen LogP) is 1.42. The quantitative estimate of drug-likeness (QED) is 0.894. The summed E-state index contributed by atoms with van der Waals surface area (Å²) in [6.07, 6.45) is 2.95. The second kappa shape index (κ2) is 5.91. The van der Waals surface area contributed by atoms with Crippen molar-refractivity contribution in [3.8, 4) is 0 Å². The summed E-state index contributed by atoms with van der Waals surface area (Å²) >= 11 is 0. The maximum absolute atomic E-state index is 12.5. The third-order valence-electron chi connectivity index (χ3n) is 5.17. The molecule has 128 valence electrons. The largest absolute Gasteiger partial charge is 0.390 e. The second-order valence-corrected chi connectivity index (χ2v) is 7.42. The molecule has 1 unspecified atom stereocenters. The molecule has 2 fully saturated rings. The molecule has 6 heteroatoms. The van der Waals surface area contributed by atoms with E-state index in [0.717, 1.165) is 24.2 Å². The van der Waals surface area contributed by atoms with Crippen molar-refractivity contribution in [2.45, 2.75) is 64.2 Å². The van der Waals surface area contributed by atoms with Crippen LogP contribution in [-0.2, 0) is 16.1 Å². The summed E-state index contributed by atoms with van der Waals surface area (Å²) in [5, 5.41) is 14.7. The van der Waals surface area contributed by atoms with Crippen LogP contribution in [0.15, 0.2) is 6.07 Å². The molecule has 0 bridgehead atoms. The summed E-state index contributed by atoms with van der Waals surface area (Å²) in [5.74, 6) is 0.105. The summed E-state index contributed by atoms with van der Waals surface area (Å²) in [5.41, 5.74) is 1.05. The van der Waals surface area contributed by atoms with Gasteiger partial charge >= 0.3 is 0 Å². The molecule has 6 nitrogen and oxygen atoms in total. The van der Waals surface area contributed by atoms with Crippen LogP contribution in [0.3, 0.4) is 0 Å². The molecule has 23 heavy (non-hydrogen) atoms. The third-order valence-corrected chi connectivity index (χ3v) is 5.17. The van der Waals surface area contributed by atoms with Gasteiger partial charge in [-0.3, -0.25) is 9.48 Å². The van der Waals surface area contributed by atoms with Gasteiger partial charge in [-0.1, -0.05) is 0 Å². The minimum atomic E-state index is -0.645. The van der Waals surface area contributed by atoms with Gasteiger partial charge < -0.3 is 14.7 Å². The lowest BCUT2D eigenvalue weighted by molar-refractivity contribution is -0.175. The topological polar surface area (TPSA) is 67.6 Å². The van der Waals surface area contributed by atoms with Crippen LogP contribution in [0.4, 0.5) is 0 Å². The van der Waals surface area contributed by atoms with E-state index in [2.05, 4.69) is 5.10 Å². The first kappa shape index (κ1) is 16.5. The SMILES string of the molecule is Cc1cc(C)n(CC(=O)N2CCC3(CC2)CC(C)(O)CCO3)n1. The first-order valence-electron chi connectivity index (χ1n) is 8.44. The summed E-state index contributed by atoms with van der Waals surface area (Å²) in [7, 11) is 0. The number of likely N-dealkylation sites (tertiary alicyclic amines) is 1. The van der Waals surface area contributed by atoms with E-state index in [9.17, 15) is 9.90 Å². The van der Waals surface area contributed by atoms with Crippen LogP contribution >= 0.6 is 0 Å². The number of hydrogen-bond donors (Lipinski definition) is 1. The highest BCUT2D eigenvalue weighted by Crippen LogP contribution is 2.39. The van der Waals surface area contributed by atoms with Crippen molar-refractivity contribution in [2.75, 3.05) is 19.7 Å². The van der Waals surface area contributed by atoms with Gasteiger partial charge in [0.15, 0.2) is 0 Å². The molecule has 1 aromatic rings. The molecule has 0 saturated carbocycles. The van der Waals surface area contributed by atoms with Crippen molar-refractivity contribution < 1.29 is 14.6 Å². The molecule has 3 heterocycles. The Morgan fingerprint density at radius 1 is 1.35 bits per heavy atom. The van der Waals surface area contributed by atoms with Gasteiger partial charge in [0.05, 0.1) is 23.5 Å². The molecule has 1 atom stereocenters. The Bertz CT molecular complexity index is 586. The van der Waals surface area contributed by atoms with Crippen LogP contribution in [0.5, 0.6) is 0 Å². The van der Waals surface area contributed by atoms with E-state index in [0.29, 0.717) is 39.1 Å². The van der Waals surface area contributed by atoms with Crippen LogP contribution in [-0.4, -0.2) is 56.6 Å². The molecular weight excluding hydrogens is 294 g/mol. The Hall–Kier alpha value is -1.40. The van der Waals surface area contributed by atoms with E-state index >= 15 is 0 Å². The lowest BCUT2D eigenvalue weighted by atomic mass is 9.78. The van der Waals surface area contributed by atoms with E-state index in [4.69, 9.17) is 4.74 Å². The molecule has 0 radical (unpaired) electrons. The third kappa shape index (κ3) is 3.58. The van der Waals surface area contributed by atoms with Gasteiger partial charge in [-0.15, -0.1) is 0 Å². The number of aryl methyl sites for hydroxylation is 2. The van der Waals surface area contributed by atoms with Crippen molar-refractivity contribution >= 4 is 5.91 Å². The van der Waals surface area contributed by atoms with Gasteiger partial charge in [0.25, 0.3) is 0 Å². The highest BCUT2D eigenvalue weighted by molar-refractivity contribution is 5.76. The monoisotopic (exact) mass is 321 g/mol. The van der Waals surface area contributed by atoms with E-state index in [1.807, 2.05) is 31.7 Å². The molecular formula is C17H27N3O3. The summed E-state index contributed by atoms with van der Waals surface area (Å²) < 4.78 is 7.76. The Morgan fingerprint density at radius 3 is 2.61 bits per heavy atom. The Balaban J connectivity index is 1.58. The first-order chi connectivity index (χ1) is 10.8. The highest BCUT2D eigenvalue weighted by Gasteiger charge is 2.44. The zero-order chi connectivity index (χ0) is 16.7. The maximum atomic E-state index is 12.5. The Kier molecular flexibility index (Phi) is 4.23. The number of nitrogens with zero attached hydrogens (tertiary/aromatic N) is 3. The smallest absolute Gasteiger partial charge is 0.244 e. The summed E-state index contributed by atoms with van der Waals surface area (Å²) in [6, 6.07) is 1.98. The number of piperidine rings is 1. The molecule has 1 N–H and O–H groups in total. The van der Waals surface area contributed by atoms with Crippen molar-refractivity contribution in [3.63, 3.8) is 0 Å². The fourth-order valence-corrected chi connectivity index (χ4v) is 3.87.